The minimum absolute atomic E-state index is 0.0453. The molecule has 0 aliphatic heterocycles. The van der Waals surface area contributed by atoms with Crippen molar-refractivity contribution in [3.8, 4) is 5.75 Å². The minimum atomic E-state index is -0.244. The van der Waals surface area contributed by atoms with Crippen LogP contribution in [0.1, 0.15) is 29.5 Å². The number of aryl methyl sites for hydroxylation is 2. The molecule has 6 heteroatoms. The Labute approximate surface area is 153 Å². The smallest absolute Gasteiger partial charge is 0.339 e. The first-order valence-corrected chi connectivity index (χ1v) is 9.24. The van der Waals surface area contributed by atoms with Crippen molar-refractivity contribution < 1.29 is 18.8 Å². The molecule has 1 amide bonds. The summed E-state index contributed by atoms with van der Waals surface area (Å²) in [4.78, 5) is 25.5. The van der Waals surface area contributed by atoms with Crippen LogP contribution in [0.5, 0.6) is 5.75 Å². The minimum Gasteiger partial charge on any atom is -0.483 e. The fraction of sp³-hybridized carbons (Fsp3) is 0.500. The first-order valence-electron chi connectivity index (χ1n) is 9.24. The summed E-state index contributed by atoms with van der Waals surface area (Å²) in [5.41, 5.74) is 3.00. The fourth-order valence-electron chi connectivity index (χ4n) is 3.48. The van der Waals surface area contributed by atoms with Gasteiger partial charge < -0.3 is 19.4 Å². The van der Waals surface area contributed by atoms with Crippen LogP contribution in [0.15, 0.2) is 21.3 Å². The second kappa shape index (κ2) is 7.91. The fourth-order valence-corrected chi connectivity index (χ4v) is 3.48. The van der Waals surface area contributed by atoms with Gasteiger partial charge in [0.05, 0.1) is 20.6 Å². The summed E-state index contributed by atoms with van der Waals surface area (Å²) >= 11 is 0. The number of nitrogens with one attached hydrogen (secondary N) is 2. The van der Waals surface area contributed by atoms with Gasteiger partial charge in [-0.2, -0.15) is 0 Å². The van der Waals surface area contributed by atoms with Crippen molar-refractivity contribution in [1.82, 2.24) is 5.32 Å². The van der Waals surface area contributed by atoms with Crippen LogP contribution in [0.2, 0.25) is 0 Å². The van der Waals surface area contributed by atoms with Gasteiger partial charge >= 0.3 is 5.63 Å². The highest BCUT2D eigenvalue weighted by Crippen LogP contribution is 2.32. The number of carbonyl (C=O) groups is 1. The Morgan fingerprint density at radius 2 is 2.04 bits per heavy atom. The largest absolute Gasteiger partial charge is 0.483 e. The van der Waals surface area contributed by atoms with E-state index in [4.69, 9.17) is 9.15 Å². The Bertz CT molecular complexity index is 870. The molecule has 26 heavy (non-hydrogen) atoms. The van der Waals surface area contributed by atoms with Crippen molar-refractivity contribution in [2.45, 2.75) is 32.6 Å². The lowest BCUT2D eigenvalue weighted by Gasteiger charge is -2.12. The molecule has 0 saturated heterocycles. The van der Waals surface area contributed by atoms with E-state index >= 15 is 0 Å². The molecule has 0 saturated carbocycles. The normalized spacial score (nSPS) is 13.2. The topological polar surface area (TPSA) is 73.0 Å². The Balaban J connectivity index is 1.68. The zero-order valence-electron chi connectivity index (χ0n) is 15.7. The number of hydrogen-bond acceptors (Lipinski definition) is 4. The van der Waals surface area contributed by atoms with Crippen molar-refractivity contribution >= 4 is 16.9 Å². The van der Waals surface area contributed by atoms with Crippen LogP contribution >= 0.6 is 0 Å². The van der Waals surface area contributed by atoms with E-state index in [0.29, 0.717) is 17.9 Å². The molecule has 0 bridgehead atoms. The highest BCUT2D eigenvalue weighted by atomic mass is 16.5. The highest BCUT2D eigenvalue weighted by molar-refractivity contribution is 5.86. The van der Waals surface area contributed by atoms with Gasteiger partial charge in [-0.25, -0.2) is 4.79 Å². The third kappa shape index (κ3) is 3.90. The molecular formula is C20H27N2O4+. The van der Waals surface area contributed by atoms with Gasteiger partial charge in [-0.1, -0.05) is 0 Å². The Kier molecular flexibility index (Phi) is 5.61. The maximum Gasteiger partial charge on any atom is 0.339 e. The molecule has 2 aromatic rings. The van der Waals surface area contributed by atoms with Gasteiger partial charge in [0.15, 0.2) is 6.61 Å². The van der Waals surface area contributed by atoms with Crippen molar-refractivity contribution in [3.05, 3.63) is 39.2 Å². The number of benzene rings is 1. The number of quaternary nitrogens is 1. The van der Waals surface area contributed by atoms with Gasteiger partial charge in [0.1, 0.15) is 11.3 Å². The number of amides is 1. The van der Waals surface area contributed by atoms with Crippen LogP contribution in [0.3, 0.4) is 0 Å². The molecular weight excluding hydrogens is 332 g/mol. The van der Waals surface area contributed by atoms with Gasteiger partial charge in [-0.15, -0.1) is 0 Å². The number of carbonyl (C=O) groups excluding carboxylic acids is 1. The van der Waals surface area contributed by atoms with E-state index in [2.05, 4.69) is 19.4 Å². The van der Waals surface area contributed by atoms with Crippen molar-refractivity contribution in [2.24, 2.45) is 0 Å². The summed E-state index contributed by atoms with van der Waals surface area (Å²) in [6.45, 7) is 3.47. The van der Waals surface area contributed by atoms with Crippen LogP contribution in [0.25, 0.3) is 11.0 Å². The quantitative estimate of drug-likeness (QED) is 0.562. The van der Waals surface area contributed by atoms with Crippen LogP contribution in [0.4, 0.5) is 0 Å². The summed E-state index contributed by atoms with van der Waals surface area (Å²) in [6, 6.07) is 3.79. The van der Waals surface area contributed by atoms with Gasteiger partial charge in [-0.05, 0) is 43.9 Å². The van der Waals surface area contributed by atoms with Crippen molar-refractivity contribution in [3.63, 3.8) is 0 Å². The number of fused-ring (bicyclic) bond motifs is 3. The number of hydrogen-bond donors (Lipinski definition) is 2. The van der Waals surface area contributed by atoms with Crippen LogP contribution in [-0.4, -0.2) is 39.7 Å². The van der Waals surface area contributed by atoms with Crippen LogP contribution in [-0.2, 0) is 17.6 Å². The lowest BCUT2D eigenvalue weighted by atomic mass is 10.0. The number of rotatable bonds is 7. The summed E-state index contributed by atoms with van der Waals surface area (Å²) in [7, 11) is 4.17. The van der Waals surface area contributed by atoms with E-state index in [-0.39, 0.29) is 18.1 Å². The van der Waals surface area contributed by atoms with E-state index in [1.54, 1.807) is 0 Å². The highest BCUT2D eigenvalue weighted by Gasteiger charge is 2.21. The Hall–Kier alpha value is -2.34. The molecule has 0 atom stereocenters. The van der Waals surface area contributed by atoms with Gasteiger partial charge in [0.2, 0.25) is 0 Å². The SMILES string of the molecule is Cc1c(OCC(=O)NCCC[NH+](C)C)ccc2c3c(c(=O)oc12)CCC3. The predicted molar refractivity (Wildman–Crippen MR) is 100 cm³/mol. The molecule has 0 radical (unpaired) electrons. The standard InChI is InChI=1S/C20H26N2O4/c1-13-17(25-12-18(23)21-10-5-11-22(2)3)9-8-15-14-6-4-7-16(14)20(24)26-19(13)15/h8-9H,4-7,10-12H2,1-3H3,(H,21,23)/p+1. The van der Waals surface area contributed by atoms with Crippen molar-refractivity contribution in [2.75, 3.05) is 33.8 Å². The average Bonchev–Trinajstić information content (AvgIpc) is 3.09. The van der Waals surface area contributed by atoms with E-state index in [1.165, 1.54) is 4.90 Å². The zero-order valence-corrected chi connectivity index (χ0v) is 15.7. The third-order valence-electron chi connectivity index (χ3n) is 4.87. The van der Waals surface area contributed by atoms with E-state index in [9.17, 15) is 9.59 Å². The Morgan fingerprint density at radius 3 is 2.81 bits per heavy atom. The molecule has 0 unspecified atom stereocenters. The molecule has 0 fully saturated rings. The lowest BCUT2D eigenvalue weighted by Crippen LogP contribution is -3.05. The van der Waals surface area contributed by atoms with Crippen LogP contribution < -0.4 is 20.6 Å². The maximum atomic E-state index is 12.2. The molecule has 140 valence electrons. The molecule has 3 rings (SSSR count). The van der Waals surface area contributed by atoms with Gasteiger partial charge in [0, 0.05) is 29.5 Å². The zero-order chi connectivity index (χ0) is 18.7. The first-order chi connectivity index (χ1) is 12.5. The molecule has 1 aromatic carbocycles. The predicted octanol–water partition coefficient (Wildman–Crippen LogP) is 0.620. The van der Waals surface area contributed by atoms with E-state index in [0.717, 1.165) is 54.3 Å². The summed E-state index contributed by atoms with van der Waals surface area (Å²) < 4.78 is 11.2. The van der Waals surface area contributed by atoms with Gasteiger partial charge in [0.25, 0.3) is 5.91 Å². The molecule has 1 aliphatic carbocycles. The second-order valence-electron chi connectivity index (χ2n) is 7.21. The Morgan fingerprint density at radius 1 is 1.27 bits per heavy atom. The van der Waals surface area contributed by atoms with E-state index in [1.807, 2.05) is 19.1 Å². The monoisotopic (exact) mass is 359 g/mol. The second-order valence-corrected chi connectivity index (χ2v) is 7.21. The summed E-state index contributed by atoms with van der Waals surface area (Å²) in [5, 5.41) is 3.84. The average molecular weight is 359 g/mol. The van der Waals surface area contributed by atoms with E-state index < -0.39 is 0 Å². The summed E-state index contributed by atoms with van der Waals surface area (Å²) in [5.74, 6) is 0.431. The molecule has 1 aliphatic rings. The first kappa shape index (κ1) is 18.5. The lowest BCUT2D eigenvalue weighted by molar-refractivity contribution is -0.858. The molecule has 1 heterocycles. The number of ether oxygens (including phenoxy) is 1. The summed E-state index contributed by atoms with van der Waals surface area (Å²) in [6.07, 6.45) is 3.62. The molecule has 2 N–H and O–H groups in total. The van der Waals surface area contributed by atoms with Crippen molar-refractivity contribution in [1.29, 1.82) is 0 Å². The van der Waals surface area contributed by atoms with Gasteiger partial charge in [-0.3, -0.25) is 4.79 Å². The van der Waals surface area contributed by atoms with Crippen LogP contribution in [0, 0.1) is 6.92 Å². The third-order valence-corrected chi connectivity index (χ3v) is 4.87. The maximum absolute atomic E-state index is 12.2. The molecule has 6 nitrogen and oxygen atoms in total. The molecule has 1 aromatic heterocycles. The molecule has 0 spiro atoms.